The van der Waals surface area contributed by atoms with Gasteiger partial charge in [0.2, 0.25) is 0 Å². The standard InChI is InChI=1S/C18H27NOS/c1-13(2)16-7-6-14(3)11-17(16)20-12-18-15(5-4-9-19)8-10-21-18/h8,10,13-14,16-17H,6-7,9,11-12,19H2,1-3H3. The first-order valence-corrected chi connectivity index (χ1v) is 8.86. The van der Waals surface area contributed by atoms with Crippen molar-refractivity contribution in [2.45, 2.75) is 52.7 Å². The molecule has 1 heterocycles. The molecule has 0 radical (unpaired) electrons. The molecule has 2 N–H and O–H groups in total. The molecule has 3 unspecified atom stereocenters. The van der Waals surface area contributed by atoms with E-state index < -0.39 is 0 Å². The van der Waals surface area contributed by atoms with Crippen molar-refractivity contribution in [2.75, 3.05) is 6.54 Å². The molecule has 21 heavy (non-hydrogen) atoms. The smallest absolute Gasteiger partial charge is 0.0825 e. The molecule has 1 fully saturated rings. The van der Waals surface area contributed by atoms with Crippen LogP contribution in [0.4, 0.5) is 0 Å². The summed E-state index contributed by atoms with van der Waals surface area (Å²) in [4.78, 5) is 1.23. The lowest BCUT2D eigenvalue weighted by Gasteiger charge is -2.37. The lowest BCUT2D eigenvalue weighted by atomic mass is 9.75. The van der Waals surface area contributed by atoms with Gasteiger partial charge in [-0.2, -0.15) is 0 Å². The average molecular weight is 305 g/mol. The number of thiophene rings is 1. The minimum atomic E-state index is 0.395. The first kappa shape index (κ1) is 16.5. The maximum atomic E-state index is 6.30. The second kappa shape index (κ2) is 7.98. The highest BCUT2D eigenvalue weighted by Gasteiger charge is 2.31. The quantitative estimate of drug-likeness (QED) is 0.852. The van der Waals surface area contributed by atoms with E-state index in [2.05, 4.69) is 44.1 Å². The van der Waals surface area contributed by atoms with Gasteiger partial charge in [-0.3, -0.25) is 0 Å². The van der Waals surface area contributed by atoms with Crippen LogP contribution in [0.1, 0.15) is 50.5 Å². The van der Waals surface area contributed by atoms with Crippen molar-refractivity contribution in [3.05, 3.63) is 21.9 Å². The number of ether oxygens (including phenoxy) is 1. The van der Waals surface area contributed by atoms with Crippen LogP contribution >= 0.6 is 11.3 Å². The summed E-state index contributed by atoms with van der Waals surface area (Å²) in [5.41, 5.74) is 6.53. The molecule has 0 aliphatic heterocycles. The van der Waals surface area contributed by atoms with Crippen LogP contribution in [0.25, 0.3) is 0 Å². The first-order valence-electron chi connectivity index (χ1n) is 7.98. The molecule has 3 atom stereocenters. The van der Waals surface area contributed by atoms with Crippen LogP contribution in [0.5, 0.6) is 0 Å². The van der Waals surface area contributed by atoms with Crippen LogP contribution in [-0.2, 0) is 11.3 Å². The van der Waals surface area contributed by atoms with Crippen molar-refractivity contribution in [1.82, 2.24) is 0 Å². The summed E-state index contributed by atoms with van der Waals surface area (Å²) in [6.45, 7) is 8.08. The van der Waals surface area contributed by atoms with E-state index in [4.69, 9.17) is 10.5 Å². The Morgan fingerprint density at radius 2 is 2.24 bits per heavy atom. The summed E-state index contributed by atoms with van der Waals surface area (Å²) >= 11 is 1.73. The van der Waals surface area contributed by atoms with Gasteiger partial charge in [0.15, 0.2) is 0 Å². The van der Waals surface area contributed by atoms with Gasteiger partial charge in [-0.1, -0.05) is 39.0 Å². The Morgan fingerprint density at radius 1 is 1.43 bits per heavy atom. The Hall–Kier alpha value is -0.820. The Kier molecular flexibility index (Phi) is 6.29. The Balaban J connectivity index is 1.99. The van der Waals surface area contributed by atoms with Gasteiger partial charge in [-0.15, -0.1) is 11.3 Å². The molecule has 1 saturated carbocycles. The molecule has 0 amide bonds. The summed E-state index contributed by atoms with van der Waals surface area (Å²) in [6.07, 6.45) is 4.23. The van der Waals surface area contributed by atoms with Gasteiger partial charge in [0.25, 0.3) is 0 Å². The van der Waals surface area contributed by atoms with Gasteiger partial charge in [-0.05, 0) is 42.0 Å². The molecule has 0 bridgehead atoms. The molecule has 2 rings (SSSR count). The largest absolute Gasteiger partial charge is 0.372 e. The van der Waals surface area contributed by atoms with Crippen LogP contribution < -0.4 is 5.73 Å². The third-order valence-corrected chi connectivity index (χ3v) is 5.35. The van der Waals surface area contributed by atoms with E-state index in [9.17, 15) is 0 Å². The van der Waals surface area contributed by atoms with Crippen molar-refractivity contribution in [2.24, 2.45) is 23.5 Å². The highest BCUT2D eigenvalue weighted by Crippen LogP contribution is 2.36. The topological polar surface area (TPSA) is 35.2 Å². The van der Waals surface area contributed by atoms with E-state index in [0.29, 0.717) is 31.1 Å². The molecular formula is C18H27NOS. The number of rotatable bonds is 4. The SMILES string of the molecule is CC1CCC(C(C)C)C(OCc2sccc2C#CCN)C1. The molecule has 1 aliphatic carbocycles. The Bertz CT molecular complexity index is 497. The lowest BCUT2D eigenvalue weighted by Crippen LogP contribution is -2.34. The highest BCUT2D eigenvalue weighted by molar-refractivity contribution is 7.10. The van der Waals surface area contributed by atoms with Crippen LogP contribution in [0.15, 0.2) is 11.4 Å². The molecule has 2 nitrogen and oxygen atoms in total. The maximum absolute atomic E-state index is 6.30. The van der Waals surface area contributed by atoms with Gasteiger partial charge in [-0.25, -0.2) is 0 Å². The van der Waals surface area contributed by atoms with Gasteiger partial charge >= 0.3 is 0 Å². The average Bonchev–Trinajstić information content (AvgIpc) is 2.90. The molecule has 3 heteroatoms. The Labute approximate surface area is 133 Å². The molecule has 1 aromatic rings. The van der Waals surface area contributed by atoms with Crippen molar-refractivity contribution >= 4 is 11.3 Å². The predicted molar refractivity (Wildman–Crippen MR) is 90.2 cm³/mol. The minimum Gasteiger partial charge on any atom is -0.372 e. The van der Waals surface area contributed by atoms with Gasteiger partial charge < -0.3 is 10.5 Å². The van der Waals surface area contributed by atoms with Gasteiger partial charge in [0, 0.05) is 10.4 Å². The zero-order valence-electron chi connectivity index (χ0n) is 13.4. The van der Waals surface area contributed by atoms with E-state index in [-0.39, 0.29) is 0 Å². The normalized spacial score (nSPS) is 25.7. The van der Waals surface area contributed by atoms with E-state index in [1.165, 1.54) is 24.1 Å². The zero-order chi connectivity index (χ0) is 15.2. The van der Waals surface area contributed by atoms with Crippen molar-refractivity contribution in [3.8, 4) is 11.8 Å². The van der Waals surface area contributed by atoms with Gasteiger partial charge in [0.05, 0.1) is 19.3 Å². The van der Waals surface area contributed by atoms with E-state index in [1.54, 1.807) is 11.3 Å². The van der Waals surface area contributed by atoms with E-state index in [1.807, 2.05) is 0 Å². The molecule has 1 aliphatic rings. The number of hydrogen-bond acceptors (Lipinski definition) is 3. The van der Waals surface area contributed by atoms with Crippen LogP contribution in [-0.4, -0.2) is 12.6 Å². The van der Waals surface area contributed by atoms with E-state index >= 15 is 0 Å². The van der Waals surface area contributed by atoms with Gasteiger partial charge in [0.1, 0.15) is 0 Å². The molecule has 0 saturated heterocycles. The third kappa shape index (κ3) is 4.57. The molecule has 0 aromatic carbocycles. The van der Waals surface area contributed by atoms with E-state index in [0.717, 1.165) is 11.5 Å². The monoisotopic (exact) mass is 305 g/mol. The minimum absolute atomic E-state index is 0.395. The summed E-state index contributed by atoms with van der Waals surface area (Å²) in [7, 11) is 0. The summed E-state index contributed by atoms with van der Waals surface area (Å²) in [5.74, 6) is 8.24. The second-order valence-corrected chi connectivity index (χ2v) is 7.44. The fourth-order valence-corrected chi connectivity index (χ4v) is 3.95. The molecule has 0 spiro atoms. The van der Waals surface area contributed by atoms with Crippen LogP contribution in [0.2, 0.25) is 0 Å². The maximum Gasteiger partial charge on any atom is 0.0825 e. The van der Waals surface area contributed by atoms with Crippen LogP contribution in [0.3, 0.4) is 0 Å². The van der Waals surface area contributed by atoms with Crippen molar-refractivity contribution in [3.63, 3.8) is 0 Å². The lowest BCUT2D eigenvalue weighted by molar-refractivity contribution is -0.0464. The number of hydrogen-bond donors (Lipinski definition) is 1. The fourth-order valence-electron chi connectivity index (χ4n) is 3.20. The molecule has 1 aromatic heterocycles. The Morgan fingerprint density at radius 3 is 2.95 bits per heavy atom. The first-order chi connectivity index (χ1) is 10.1. The molecule has 116 valence electrons. The predicted octanol–water partition coefficient (Wildman–Crippen LogP) is 4.04. The summed E-state index contributed by atoms with van der Waals surface area (Å²) in [6, 6.07) is 2.06. The highest BCUT2D eigenvalue weighted by atomic mass is 32.1. The summed E-state index contributed by atoms with van der Waals surface area (Å²) in [5, 5.41) is 2.09. The molecular weight excluding hydrogens is 278 g/mol. The summed E-state index contributed by atoms with van der Waals surface area (Å²) < 4.78 is 6.30. The van der Waals surface area contributed by atoms with Crippen molar-refractivity contribution < 1.29 is 4.74 Å². The number of nitrogens with two attached hydrogens (primary N) is 1. The second-order valence-electron chi connectivity index (χ2n) is 6.44. The zero-order valence-corrected chi connectivity index (χ0v) is 14.2. The van der Waals surface area contributed by atoms with Crippen LogP contribution in [0, 0.1) is 29.6 Å². The third-order valence-electron chi connectivity index (χ3n) is 4.46. The fraction of sp³-hybridized carbons (Fsp3) is 0.667. The van der Waals surface area contributed by atoms with Crippen molar-refractivity contribution in [1.29, 1.82) is 0 Å².